The van der Waals surface area contributed by atoms with Crippen molar-refractivity contribution < 1.29 is 9.84 Å². The molecule has 1 N–H and O–H groups in total. The zero-order valence-corrected chi connectivity index (χ0v) is 12.9. The van der Waals surface area contributed by atoms with Crippen molar-refractivity contribution in [1.29, 1.82) is 0 Å². The van der Waals surface area contributed by atoms with Crippen LogP contribution in [0.15, 0.2) is 42.5 Å². The van der Waals surface area contributed by atoms with Crippen molar-refractivity contribution in [3.63, 3.8) is 0 Å². The van der Waals surface area contributed by atoms with Gasteiger partial charge in [-0.25, -0.2) is 4.98 Å². The van der Waals surface area contributed by atoms with Crippen LogP contribution in [-0.4, -0.2) is 10.1 Å². The molecule has 4 heteroatoms. The number of fused-ring (bicyclic) bond motifs is 1. The molecule has 0 bridgehead atoms. The van der Waals surface area contributed by atoms with E-state index in [9.17, 15) is 5.11 Å². The molecule has 0 aliphatic rings. The number of rotatable bonds is 4. The van der Waals surface area contributed by atoms with E-state index >= 15 is 0 Å². The lowest BCUT2D eigenvalue weighted by Crippen LogP contribution is -2.01. The van der Waals surface area contributed by atoms with Crippen LogP contribution in [0.1, 0.15) is 29.2 Å². The summed E-state index contributed by atoms with van der Waals surface area (Å²) in [5, 5.41) is 10.8. The maximum absolute atomic E-state index is 9.81. The largest absolute Gasteiger partial charge is 0.486 e. The third kappa shape index (κ3) is 3.06. The van der Waals surface area contributed by atoms with Crippen molar-refractivity contribution in [3.8, 4) is 5.75 Å². The van der Waals surface area contributed by atoms with E-state index in [-0.39, 0.29) is 0 Å². The van der Waals surface area contributed by atoms with Crippen LogP contribution in [0.2, 0.25) is 0 Å². The molecular formula is C17H17NO2S. The Morgan fingerprint density at radius 2 is 2.05 bits per heavy atom. The second-order valence-electron chi connectivity index (χ2n) is 5.08. The van der Waals surface area contributed by atoms with Gasteiger partial charge in [-0.15, -0.1) is 11.3 Å². The highest BCUT2D eigenvalue weighted by molar-refractivity contribution is 7.18. The third-order valence-electron chi connectivity index (χ3n) is 3.31. The van der Waals surface area contributed by atoms with Crippen molar-refractivity contribution in [3.05, 3.63) is 58.6 Å². The molecule has 21 heavy (non-hydrogen) atoms. The lowest BCUT2D eigenvalue weighted by atomic mass is 10.1. The molecule has 0 radical (unpaired) electrons. The normalized spacial score (nSPS) is 12.5. The SMILES string of the molecule is Cc1ccc(C(C)O)c(OCc2nc3ccccc3s2)c1. The monoisotopic (exact) mass is 299 g/mol. The summed E-state index contributed by atoms with van der Waals surface area (Å²) in [5.41, 5.74) is 2.92. The Balaban J connectivity index is 1.82. The van der Waals surface area contributed by atoms with Gasteiger partial charge in [0.25, 0.3) is 0 Å². The summed E-state index contributed by atoms with van der Waals surface area (Å²) in [6, 6.07) is 13.9. The Morgan fingerprint density at radius 1 is 1.24 bits per heavy atom. The van der Waals surface area contributed by atoms with Crippen LogP contribution in [-0.2, 0) is 6.61 Å². The Labute approximate surface area is 127 Å². The lowest BCUT2D eigenvalue weighted by Gasteiger charge is -2.13. The minimum absolute atomic E-state index is 0.419. The number of aliphatic hydroxyl groups is 1. The molecule has 0 aliphatic heterocycles. The average molecular weight is 299 g/mol. The Morgan fingerprint density at radius 3 is 2.81 bits per heavy atom. The summed E-state index contributed by atoms with van der Waals surface area (Å²) >= 11 is 1.64. The summed E-state index contributed by atoms with van der Waals surface area (Å²) in [5.74, 6) is 0.726. The summed E-state index contributed by atoms with van der Waals surface area (Å²) in [6.45, 7) is 4.17. The van der Waals surface area contributed by atoms with E-state index in [2.05, 4.69) is 11.1 Å². The minimum Gasteiger partial charge on any atom is -0.486 e. The highest BCUT2D eigenvalue weighted by Gasteiger charge is 2.11. The predicted octanol–water partition coefficient (Wildman–Crippen LogP) is 4.24. The van der Waals surface area contributed by atoms with Gasteiger partial charge >= 0.3 is 0 Å². The molecule has 3 nitrogen and oxygen atoms in total. The lowest BCUT2D eigenvalue weighted by molar-refractivity contribution is 0.190. The summed E-state index contributed by atoms with van der Waals surface area (Å²) in [4.78, 5) is 4.56. The van der Waals surface area contributed by atoms with Gasteiger partial charge in [0.05, 0.1) is 16.3 Å². The van der Waals surface area contributed by atoms with Crippen molar-refractivity contribution >= 4 is 21.6 Å². The van der Waals surface area contributed by atoms with Crippen LogP contribution in [0.4, 0.5) is 0 Å². The Bertz CT molecular complexity index is 731. The van der Waals surface area contributed by atoms with Crippen molar-refractivity contribution in [2.45, 2.75) is 26.6 Å². The van der Waals surface area contributed by atoms with Crippen LogP contribution >= 0.6 is 11.3 Å². The number of para-hydroxylation sites is 1. The van der Waals surface area contributed by atoms with Crippen LogP contribution < -0.4 is 4.74 Å². The van der Waals surface area contributed by atoms with Crippen LogP contribution in [0.5, 0.6) is 5.75 Å². The summed E-state index contributed by atoms with van der Waals surface area (Å²) < 4.78 is 7.05. The first-order chi connectivity index (χ1) is 10.1. The molecule has 2 aromatic carbocycles. The molecule has 3 aromatic rings. The maximum Gasteiger partial charge on any atom is 0.140 e. The average Bonchev–Trinajstić information content (AvgIpc) is 2.87. The predicted molar refractivity (Wildman–Crippen MR) is 85.8 cm³/mol. The number of aromatic nitrogens is 1. The maximum atomic E-state index is 9.81. The molecule has 0 aliphatic carbocycles. The number of hydrogen-bond donors (Lipinski definition) is 1. The first-order valence-electron chi connectivity index (χ1n) is 6.89. The topological polar surface area (TPSA) is 42.4 Å². The quantitative estimate of drug-likeness (QED) is 0.783. The van der Waals surface area contributed by atoms with Gasteiger partial charge in [-0.3, -0.25) is 0 Å². The van der Waals surface area contributed by atoms with E-state index in [1.807, 2.05) is 43.3 Å². The van der Waals surface area contributed by atoms with Crippen LogP contribution in [0.25, 0.3) is 10.2 Å². The van der Waals surface area contributed by atoms with Crippen LogP contribution in [0, 0.1) is 6.92 Å². The molecule has 0 amide bonds. The number of aryl methyl sites for hydroxylation is 1. The highest BCUT2D eigenvalue weighted by atomic mass is 32.1. The van der Waals surface area contributed by atoms with Gasteiger partial charge in [0.2, 0.25) is 0 Å². The number of thiazole rings is 1. The standard InChI is InChI=1S/C17H17NO2S/c1-11-7-8-13(12(2)19)15(9-11)20-10-17-18-14-5-3-4-6-16(14)21-17/h3-9,12,19H,10H2,1-2H3. The van der Waals surface area contributed by atoms with Gasteiger partial charge in [-0.2, -0.15) is 0 Å². The van der Waals surface area contributed by atoms with E-state index in [1.165, 1.54) is 0 Å². The third-order valence-corrected chi connectivity index (χ3v) is 4.32. The second-order valence-corrected chi connectivity index (χ2v) is 6.20. The van der Waals surface area contributed by atoms with E-state index in [0.717, 1.165) is 32.1 Å². The zero-order valence-electron chi connectivity index (χ0n) is 12.0. The first-order valence-corrected chi connectivity index (χ1v) is 7.71. The fourth-order valence-corrected chi connectivity index (χ4v) is 3.11. The van der Waals surface area contributed by atoms with Gasteiger partial charge < -0.3 is 9.84 Å². The molecule has 3 rings (SSSR count). The van der Waals surface area contributed by atoms with Gasteiger partial charge in [-0.05, 0) is 37.6 Å². The highest BCUT2D eigenvalue weighted by Crippen LogP contribution is 2.28. The van der Waals surface area contributed by atoms with E-state index in [0.29, 0.717) is 6.61 Å². The first kappa shape index (κ1) is 14.0. The van der Waals surface area contributed by atoms with E-state index in [1.54, 1.807) is 18.3 Å². The fraction of sp³-hybridized carbons (Fsp3) is 0.235. The smallest absolute Gasteiger partial charge is 0.140 e. The van der Waals surface area contributed by atoms with Gasteiger partial charge in [-0.1, -0.05) is 24.3 Å². The zero-order chi connectivity index (χ0) is 14.8. The van der Waals surface area contributed by atoms with Gasteiger partial charge in [0.15, 0.2) is 0 Å². The minimum atomic E-state index is -0.545. The van der Waals surface area contributed by atoms with Crippen molar-refractivity contribution in [1.82, 2.24) is 4.98 Å². The summed E-state index contributed by atoms with van der Waals surface area (Å²) in [6.07, 6.45) is -0.545. The molecule has 1 aromatic heterocycles. The molecule has 108 valence electrons. The molecule has 1 unspecified atom stereocenters. The number of aliphatic hydroxyl groups excluding tert-OH is 1. The molecule has 0 fully saturated rings. The van der Waals surface area contributed by atoms with Crippen LogP contribution in [0.3, 0.4) is 0 Å². The van der Waals surface area contributed by atoms with Crippen molar-refractivity contribution in [2.75, 3.05) is 0 Å². The molecule has 0 saturated carbocycles. The number of ether oxygens (including phenoxy) is 1. The molecule has 0 saturated heterocycles. The molecular weight excluding hydrogens is 282 g/mol. The Kier molecular flexibility index (Phi) is 3.90. The van der Waals surface area contributed by atoms with Gasteiger partial charge in [0, 0.05) is 5.56 Å². The Hall–Kier alpha value is -1.91. The fourth-order valence-electron chi connectivity index (χ4n) is 2.23. The number of nitrogens with zero attached hydrogens (tertiary/aromatic N) is 1. The molecule has 1 heterocycles. The van der Waals surface area contributed by atoms with E-state index in [4.69, 9.17) is 4.74 Å². The number of hydrogen-bond acceptors (Lipinski definition) is 4. The summed E-state index contributed by atoms with van der Waals surface area (Å²) in [7, 11) is 0. The molecule has 0 spiro atoms. The van der Waals surface area contributed by atoms with Gasteiger partial charge in [0.1, 0.15) is 17.4 Å². The van der Waals surface area contributed by atoms with Crippen molar-refractivity contribution in [2.24, 2.45) is 0 Å². The van der Waals surface area contributed by atoms with E-state index < -0.39 is 6.10 Å². The second kappa shape index (κ2) is 5.84. The molecule has 1 atom stereocenters. The number of benzene rings is 2.